The Bertz CT molecular complexity index is 136. The molecule has 0 spiro atoms. The molecule has 0 nitrogen and oxygen atoms in total. The first kappa shape index (κ1) is 10.6. The van der Waals surface area contributed by atoms with E-state index < -0.39 is 0 Å². The quantitative estimate of drug-likeness (QED) is 0.541. The van der Waals surface area contributed by atoms with Gasteiger partial charge in [-0.25, -0.2) is 0 Å². The molecule has 0 N–H and O–H groups in total. The maximum atomic E-state index is 3.27. The first-order chi connectivity index (χ1) is 5.26. The van der Waals surface area contributed by atoms with Crippen LogP contribution in [0.2, 0.25) is 0 Å². The lowest BCUT2D eigenvalue weighted by atomic mass is 9.89. The van der Waals surface area contributed by atoms with Gasteiger partial charge in [-0.05, 0) is 25.7 Å². The van der Waals surface area contributed by atoms with Gasteiger partial charge in [-0.1, -0.05) is 33.1 Å². The minimum atomic E-state index is 0.625. The predicted octanol–water partition coefficient (Wildman–Crippen LogP) is 3.47. The van der Waals surface area contributed by atoms with E-state index in [1.54, 1.807) is 0 Å². The van der Waals surface area contributed by atoms with Crippen LogP contribution in [0.5, 0.6) is 0 Å². The number of hydrogen-bond donors (Lipinski definition) is 0. The molecule has 0 fully saturated rings. The average molecular weight is 152 g/mol. The third-order valence-corrected chi connectivity index (χ3v) is 2.20. The van der Waals surface area contributed by atoms with Crippen molar-refractivity contribution in [2.75, 3.05) is 0 Å². The van der Waals surface area contributed by atoms with E-state index >= 15 is 0 Å². The Morgan fingerprint density at radius 3 is 2.27 bits per heavy atom. The van der Waals surface area contributed by atoms with Gasteiger partial charge in [0.2, 0.25) is 0 Å². The Labute approximate surface area is 71.4 Å². The molecule has 0 heteroatoms. The van der Waals surface area contributed by atoms with Gasteiger partial charge in [-0.15, -0.1) is 5.92 Å². The van der Waals surface area contributed by atoms with Crippen LogP contribution in [0.3, 0.4) is 0 Å². The van der Waals surface area contributed by atoms with Crippen LogP contribution in [0, 0.1) is 23.7 Å². The maximum absolute atomic E-state index is 3.27. The number of hydrogen-bond acceptors (Lipinski definition) is 0. The summed E-state index contributed by atoms with van der Waals surface area (Å²) in [6, 6.07) is 0. The summed E-state index contributed by atoms with van der Waals surface area (Å²) in [6.45, 7) is 8.70. The minimum absolute atomic E-state index is 0.625. The fourth-order valence-corrected chi connectivity index (χ4v) is 1.49. The molecule has 11 heavy (non-hydrogen) atoms. The van der Waals surface area contributed by atoms with Crippen LogP contribution < -0.4 is 0 Å². The van der Waals surface area contributed by atoms with Crippen LogP contribution in [-0.4, -0.2) is 0 Å². The van der Waals surface area contributed by atoms with E-state index in [-0.39, 0.29) is 0 Å². The van der Waals surface area contributed by atoms with Crippen molar-refractivity contribution in [3.05, 3.63) is 0 Å². The lowest BCUT2D eigenvalue weighted by Crippen LogP contribution is -2.08. The zero-order valence-electron chi connectivity index (χ0n) is 8.28. The van der Waals surface area contributed by atoms with E-state index in [0.29, 0.717) is 5.92 Å². The van der Waals surface area contributed by atoms with Crippen molar-refractivity contribution in [1.82, 2.24) is 0 Å². The van der Waals surface area contributed by atoms with Crippen molar-refractivity contribution >= 4 is 0 Å². The molecule has 0 aliphatic carbocycles. The fraction of sp³-hybridized carbons (Fsp3) is 0.818. The molecule has 0 radical (unpaired) electrons. The van der Waals surface area contributed by atoms with Crippen molar-refractivity contribution < 1.29 is 0 Å². The molecule has 0 aromatic heterocycles. The molecule has 0 aromatic carbocycles. The van der Waals surface area contributed by atoms with E-state index in [1.165, 1.54) is 19.3 Å². The van der Waals surface area contributed by atoms with Crippen molar-refractivity contribution in [2.24, 2.45) is 11.8 Å². The summed E-state index contributed by atoms with van der Waals surface area (Å²) in [6.07, 6.45) is 3.79. The second kappa shape index (κ2) is 6.28. The standard InChI is InChI=1S/C11H20/c1-5-8-10(4)11(7-3)9-6-2/h10-11H,5,7-8H2,1-4H3. The Morgan fingerprint density at radius 2 is 1.91 bits per heavy atom. The molecule has 0 aromatic rings. The molecular formula is C11H20. The van der Waals surface area contributed by atoms with Crippen molar-refractivity contribution in [3.63, 3.8) is 0 Å². The van der Waals surface area contributed by atoms with E-state index in [1.807, 2.05) is 6.92 Å². The highest BCUT2D eigenvalue weighted by Crippen LogP contribution is 2.19. The van der Waals surface area contributed by atoms with E-state index in [0.717, 1.165) is 5.92 Å². The molecule has 0 saturated heterocycles. The first-order valence-electron chi connectivity index (χ1n) is 4.68. The van der Waals surface area contributed by atoms with Crippen molar-refractivity contribution in [1.29, 1.82) is 0 Å². The van der Waals surface area contributed by atoms with Gasteiger partial charge in [0.1, 0.15) is 0 Å². The van der Waals surface area contributed by atoms with Crippen LogP contribution in [0.25, 0.3) is 0 Å². The summed E-state index contributed by atoms with van der Waals surface area (Å²) in [7, 11) is 0. The summed E-state index contributed by atoms with van der Waals surface area (Å²) in [4.78, 5) is 0. The second-order valence-corrected chi connectivity index (χ2v) is 3.18. The van der Waals surface area contributed by atoms with Gasteiger partial charge in [-0.3, -0.25) is 0 Å². The molecule has 0 rings (SSSR count). The molecule has 0 aliphatic rings. The van der Waals surface area contributed by atoms with Crippen LogP contribution in [0.4, 0.5) is 0 Å². The van der Waals surface area contributed by atoms with Gasteiger partial charge >= 0.3 is 0 Å². The summed E-state index contributed by atoms with van der Waals surface area (Å²) in [5.41, 5.74) is 0. The smallest absolute Gasteiger partial charge is 0.0225 e. The molecule has 0 aliphatic heterocycles. The Morgan fingerprint density at radius 1 is 1.27 bits per heavy atom. The van der Waals surface area contributed by atoms with Crippen LogP contribution in [0.1, 0.15) is 47.0 Å². The van der Waals surface area contributed by atoms with E-state index in [9.17, 15) is 0 Å². The number of rotatable bonds is 4. The van der Waals surface area contributed by atoms with Crippen molar-refractivity contribution in [3.8, 4) is 11.8 Å². The van der Waals surface area contributed by atoms with Gasteiger partial charge in [0.15, 0.2) is 0 Å². The summed E-state index contributed by atoms with van der Waals surface area (Å²) in [5, 5.41) is 0. The molecule has 0 heterocycles. The third-order valence-electron chi connectivity index (χ3n) is 2.20. The normalized spacial score (nSPS) is 14.9. The summed E-state index contributed by atoms with van der Waals surface area (Å²) >= 11 is 0. The van der Waals surface area contributed by atoms with Crippen LogP contribution in [0.15, 0.2) is 0 Å². The SMILES string of the molecule is CC#CC(CC)C(C)CCC. The van der Waals surface area contributed by atoms with Gasteiger partial charge in [0.25, 0.3) is 0 Å². The topological polar surface area (TPSA) is 0 Å². The van der Waals surface area contributed by atoms with Crippen LogP contribution in [-0.2, 0) is 0 Å². The third kappa shape index (κ3) is 4.09. The zero-order valence-corrected chi connectivity index (χ0v) is 8.28. The van der Waals surface area contributed by atoms with Gasteiger partial charge < -0.3 is 0 Å². The Kier molecular flexibility index (Phi) is 6.03. The molecule has 0 bridgehead atoms. The zero-order chi connectivity index (χ0) is 8.69. The molecule has 2 atom stereocenters. The molecule has 64 valence electrons. The highest BCUT2D eigenvalue weighted by Gasteiger charge is 2.10. The lowest BCUT2D eigenvalue weighted by molar-refractivity contribution is 0.399. The highest BCUT2D eigenvalue weighted by atomic mass is 14.1. The van der Waals surface area contributed by atoms with Crippen LogP contribution >= 0.6 is 0 Å². The molecule has 0 amide bonds. The largest absolute Gasteiger partial charge is 0.106 e. The van der Waals surface area contributed by atoms with Gasteiger partial charge in [-0.2, -0.15) is 0 Å². The lowest BCUT2D eigenvalue weighted by Gasteiger charge is -2.15. The van der Waals surface area contributed by atoms with Gasteiger partial charge in [0, 0.05) is 5.92 Å². The second-order valence-electron chi connectivity index (χ2n) is 3.18. The van der Waals surface area contributed by atoms with Crippen molar-refractivity contribution in [2.45, 2.75) is 47.0 Å². The molecular weight excluding hydrogens is 132 g/mol. The predicted molar refractivity (Wildman–Crippen MR) is 51.3 cm³/mol. The fourth-order valence-electron chi connectivity index (χ4n) is 1.49. The summed E-state index contributed by atoms with van der Waals surface area (Å²) < 4.78 is 0. The first-order valence-corrected chi connectivity index (χ1v) is 4.68. The van der Waals surface area contributed by atoms with E-state index in [4.69, 9.17) is 0 Å². The molecule has 2 unspecified atom stereocenters. The van der Waals surface area contributed by atoms with Gasteiger partial charge in [0.05, 0.1) is 0 Å². The van der Waals surface area contributed by atoms with E-state index in [2.05, 4.69) is 32.6 Å². The Balaban J connectivity index is 3.87. The minimum Gasteiger partial charge on any atom is -0.106 e. The Hall–Kier alpha value is -0.440. The average Bonchev–Trinajstić information content (AvgIpc) is 2.00. The highest BCUT2D eigenvalue weighted by molar-refractivity contribution is 5.01. The maximum Gasteiger partial charge on any atom is 0.0225 e. The summed E-state index contributed by atoms with van der Waals surface area (Å²) in [5.74, 6) is 7.68. The monoisotopic (exact) mass is 152 g/mol. The molecule has 0 saturated carbocycles.